The van der Waals surface area contributed by atoms with Crippen molar-refractivity contribution < 1.29 is 30.3 Å². The Morgan fingerprint density at radius 1 is 1.36 bits per heavy atom. The molecule has 0 aromatic rings. The van der Waals surface area contributed by atoms with Crippen molar-refractivity contribution in [3.63, 3.8) is 0 Å². The van der Waals surface area contributed by atoms with Gasteiger partial charge in [-0.25, -0.2) is 0 Å². The van der Waals surface area contributed by atoms with Gasteiger partial charge >= 0.3 is 0 Å². The van der Waals surface area contributed by atoms with E-state index in [-0.39, 0.29) is 12.7 Å². The van der Waals surface area contributed by atoms with E-state index in [1.54, 1.807) is 0 Å². The molecule has 0 heterocycles. The van der Waals surface area contributed by atoms with Crippen molar-refractivity contribution >= 4 is 6.29 Å². The minimum Gasteiger partial charge on any atom is -0.394 e. The molecule has 0 fully saturated rings. The summed E-state index contributed by atoms with van der Waals surface area (Å²) < 4.78 is 0. The monoisotopic (exact) mass is 208 g/mol. The molecule has 0 aliphatic carbocycles. The molecule has 4 unspecified atom stereocenters. The van der Waals surface area contributed by atoms with Crippen LogP contribution < -0.4 is 0 Å². The summed E-state index contributed by atoms with van der Waals surface area (Å²) in [6, 6.07) is 0. The number of rotatable bonds is 6. The van der Waals surface area contributed by atoms with Gasteiger partial charge in [0.15, 0.2) is 6.29 Å². The van der Waals surface area contributed by atoms with E-state index in [4.69, 9.17) is 10.2 Å². The topological polar surface area (TPSA) is 118 Å². The lowest BCUT2D eigenvalue weighted by Gasteiger charge is -2.31. The molecule has 0 radical (unpaired) electrons. The van der Waals surface area contributed by atoms with Crippen LogP contribution in [0.25, 0.3) is 0 Å². The summed E-state index contributed by atoms with van der Waals surface area (Å²) in [5, 5.41) is 45.4. The van der Waals surface area contributed by atoms with E-state index < -0.39 is 30.5 Å². The second-order valence-corrected chi connectivity index (χ2v) is 3.15. The van der Waals surface area contributed by atoms with Crippen molar-refractivity contribution in [1.29, 1.82) is 0 Å². The van der Waals surface area contributed by atoms with E-state index in [2.05, 4.69) is 0 Å². The molecule has 0 aliphatic heterocycles. The van der Waals surface area contributed by atoms with Gasteiger partial charge in [-0.1, -0.05) is 6.92 Å². The van der Waals surface area contributed by atoms with E-state index >= 15 is 0 Å². The number of hydrogen-bond acceptors (Lipinski definition) is 6. The van der Waals surface area contributed by atoms with Gasteiger partial charge in [-0.15, -0.1) is 0 Å². The van der Waals surface area contributed by atoms with Crippen molar-refractivity contribution in [3.8, 4) is 0 Å². The average Bonchev–Trinajstić information content (AvgIpc) is 2.24. The average molecular weight is 208 g/mol. The predicted molar refractivity (Wildman–Crippen MR) is 46.4 cm³/mol. The normalized spacial score (nSPS) is 22.1. The number of aliphatic hydroxyl groups is 5. The van der Waals surface area contributed by atoms with Gasteiger partial charge < -0.3 is 30.3 Å². The summed E-state index contributed by atoms with van der Waals surface area (Å²) in [6.07, 6.45) is -5.19. The van der Waals surface area contributed by atoms with Crippen molar-refractivity contribution in [2.45, 2.75) is 37.3 Å². The maximum Gasteiger partial charge on any atom is 0.154 e. The van der Waals surface area contributed by atoms with Crippen molar-refractivity contribution in [2.75, 3.05) is 6.61 Å². The molecule has 0 aromatic carbocycles. The van der Waals surface area contributed by atoms with Crippen LogP contribution >= 0.6 is 0 Å². The fraction of sp³-hybridized carbons (Fsp3) is 0.875. The largest absolute Gasteiger partial charge is 0.394 e. The standard InChI is InChI=1S/C8H16O6/c1-2-8(14,4-10)7(13)6(12)5(11)3-9/h4-7,9,11-14H,2-3H2,1H3. The van der Waals surface area contributed by atoms with Gasteiger partial charge in [0.25, 0.3) is 0 Å². The zero-order chi connectivity index (χ0) is 11.4. The summed E-state index contributed by atoms with van der Waals surface area (Å²) in [4.78, 5) is 10.4. The molecule has 0 spiro atoms. The van der Waals surface area contributed by atoms with Crippen LogP contribution in [-0.2, 0) is 4.79 Å². The molecule has 6 heteroatoms. The minimum absolute atomic E-state index is 0.102. The first-order valence-electron chi connectivity index (χ1n) is 4.26. The molecule has 0 bridgehead atoms. The van der Waals surface area contributed by atoms with Crippen LogP contribution in [0.1, 0.15) is 13.3 Å². The predicted octanol–water partition coefficient (Wildman–Crippen LogP) is -2.60. The fourth-order valence-corrected chi connectivity index (χ4v) is 0.976. The smallest absolute Gasteiger partial charge is 0.154 e. The molecular formula is C8H16O6. The van der Waals surface area contributed by atoms with Gasteiger partial charge in [-0.2, -0.15) is 0 Å². The number of aliphatic hydroxyl groups excluding tert-OH is 4. The molecular weight excluding hydrogens is 192 g/mol. The van der Waals surface area contributed by atoms with Crippen molar-refractivity contribution in [1.82, 2.24) is 0 Å². The van der Waals surface area contributed by atoms with Gasteiger partial charge in [-0.3, -0.25) is 0 Å². The van der Waals surface area contributed by atoms with E-state index in [1.807, 2.05) is 0 Å². The van der Waals surface area contributed by atoms with E-state index in [0.717, 1.165) is 0 Å². The van der Waals surface area contributed by atoms with Crippen LogP contribution in [-0.4, -0.2) is 62.3 Å². The Morgan fingerprint density at radius 3 is 2.14 bits per heavy atom. The highest BCUT2D eigenvalue weighted by molar-refractivity contribution is 5.63. The quantitative estimate of drug-likeness (QED) is 0.305. The highest BCUT2D eigenvalue weighted by Crippen LogP contribution is 2.17. The second-order valence-electron chi connectivity index (χ2n) is 3.15. The van der Waals surface area contributed by atoms with Gasteiger partial charge in [0, 0.05) is 0 Å². The Bertz CT molecular complexity index is 185. The summed E-state index contributed by atoms with van der Waals surface area (Å²) >= 11 is 0. The van der Waals surface area contributed by atoms with E-state index in [1.165, 1.54) is 6.92 Å². The molecule has 6 nitrogen and oxygen atoms in total. The van der Waals surface area contributed by atoms with Crippen LogP contribution in [0.5, 0.6) is 0 Å². The van der Waals surface area contributed by atoms with Gasteiger partial charge in [0.2, 0.25) is 0 Å². The maximum absolute atomic E-state index is 10.4. The summed E-state index contributed by atoms with van der Waals surface area (Å²) in [5.41, 5.74) is -2.10. The summed E-state index contributed by atoms with van der Waals surface area (Å²) in [5.74, 6) is 0. The fourth-order valence-electron chi connectivity index (χ4n) is 0.976. The molecule has 0 aliphatic rings. The summed E-state index contributed by atoms with van der Waals surface area (Å²) in [7, 11) is 0. The molecule has 84 valence electrons. The van der Waals surface area contributed by atoms with E-state index in [0.29, 0.717) is 0 Å². The van der Waals surface area contributed by atoms with Gasteiger partial charge in [-0.05, 0) is 6.42 Å². The Balaban J connectivity index is 4.57. The van der Waals surface area contributed by atoms with Crippen LogP contribution in [0.15, 0.2) is 0 Å². The third-order valence-corrected chi connectivity index (χ3v) is 2.19. The third kappa shape index (κ3) is 2.73. The minimum atomic E-state index is -2.10. The lowest BCUT2D eigenvalue weighted by atomic mass is 9.89. The van der Waals surface area contributed by atoms with Crippen LogP contribution in [0.2, 0.25) is 0 Å². The second kappa shape index (κ2) is 5.38. The maximum atomic E-state index is 10.4. The Labute approximate surface area is 81.4 Å². The van der Waals surface area contributed by atoms with Gasteiger partial charge in [0.1, 0.15) is 23.9 Å². The first-order chi connectivity index (χ1) is 6.42. The van der Waals surface area contributed by atoms with Crippen LogP contribution in [0, 0.1) is 0 Å². The summed E-state index contributed by atoms with van der Waals surface area (Å²) in [6.45, 7) is 0.673. The van der Waals surface area contributed by atoms with Crippen molar-refractivity contribution in [3.05, 3.63) is 0 Å². The Morgan fingerprint density at radius 2 is 1.86 bits per heavy atom. The Kier molecular flexibility index (Phi) is 5.17. The van der Waals surface area contributed by atoms with Gasteiger partial charge in [0.05, 0.1) is 6.61 Å². The highest BCUT2D eigenvalue weighted by atomic mass is 16.4. The molecule has 14 heavy (non-hydrogen) atoms. The number of aldehydes is 1. The van der Waals surface area contributed by atoms with Crippen LogP contribution in [0.3, 0.4) is 0 Å². The first kappa shape index (κ1) is 13.5. The third-order valence-electron chi connectivity index (χ3n) is 2.19. The molecule has 0 aromatic heterocycles. The van der Waals surface area contributed by atoms with Crippen LogP contribution in [0.4, 0.5) is 0 Å². The first-order valence-corrected chi connectivity index (χ1v) is 4.26. The SMILES string of the molecule is CCC(O)(C=O)C(O)C(O)C(O)CO. The van der Waals surface area contributed by atoms with Crippen molar-refractivity contribution in [2.24, 2.45) is 0 Å². The number of carbonyl (C=O) groups is 1. The highest BCUT2D eigenvalue weighted by Gasteiger charge is 2.40. The molecule has 4 atom stereocenters. The molecule has 0 amide bonds. The molecule has 0 rings (SSSR count). The number of carbonyl (C=O) groups excluding carboxylic acids is 1. The zero-order valence-corrected chi connectivity index (χ0v) is 7.87. The van der Waals surface area contributed by atoms with E-state index in [9.17, 15) is 20.1 Å². The lowest BCUT2D eigenvalue weighted by Crippen LogP contribution is -2.54. The lowest BCUT2D eigenvalue weighted by molar-refractivity contribution is -0.165. The zero-order valence-electron chi connectivity index (χ0n) is 7.87. The number of hydrogen-bond donors (Lipinski definition) is 5. The Hall–Kier alpha value is -0.530. The molecule has 0 saturated carbocycles. The molecule has 0 saturated heterocycles. The molecule has 5 N–H and O–H groups in total.